The van der Waals surface area contributed by atoms with Gasteiger partial charge in [-0.1, -0.05) is 28.9 Å². The molecule has 1 aliphatic rings. The molecule has 0 unspecified atom stereocenters. The van der Waals surface area contributed by atoms with Gasteiger partial charge in [0.15, 0.2) is 5.76 Å². The summed E-state index contributed by atoms with van der Waals surface area (Å²) in [5.74, 6) is 0.201. The minimum atomic E-state index is -0.179. The zero-order valence-corrected chi connectivity index (χ0v) is 16.6. The Balaban J connectivity index is 1.37. The van der Waals surface area contributed by atoms with Crippen LogP contribution in [0.3, 0.4) is 0 Å². The van der Waals surface area contributed by atoms with Gasteiger partial charge in [0.2, 0.25) is 0 Å². The second-order valence-electron chi connectivity index (χ2n) is 7.20. The first-order valence-corrected chi connectivity index (χ1v) is 9.83. The summed E-state index contributed by atoms with van der Waals surface area (Å²) in [5.41, 5.74) is 4.30. The molecule has 9 heteroatoms. The first kappa shape index (κ1) is 18.7. The molecule has 1 aliphatic heterocycles. The van der Waals surface area contributed by atoms with Crippen molar-refractivity contribution in [3.05, 3.63) is 70.6 Å². The minimum Gasteiger partial charge on any atom is -0.507 e. The van der Waals surface area contributed by atoms with Crippen LogP contribution in [-0.4, -0.2) is 41.8 Å². The zero-order valence-electron chi connectivity index (χ0n) is 15.9. The van der Waals surface area contributed by atoms with Gasteiger partial charge in [0.25, 0.3) is 0 Å². The largest absolute Gasteiger partial charge is 0.507 e. The molecule has 3 heterocycles. The summed E-state index contributed by atoms with van der Waals surface area (Å²) in [5, 5.41) is 32.6. The van der Waals surface area contributed by atoms with E-state index in [0.29, 0.717) is 17.9 Å². The molecule has 2 aromatic carbocycles. The summed E-state index contributed by atoms with van der Waals surface area (Å²) in [4.78, 5) is 3.87. The summed E-state index contributed by atoms with van der Waals surface area (Å²) in [6.07, 6.45) is 4.05. The van der Waals surface area contributed by atoms with E-state index in [1.54, 1.807) is 17.2 Å². The van der Waals surface area contributed by atoms with E-state index in [-0.39, 0.29) is 16.5 Å². The van der Waals surface area contributed by atoms with Crippen LogP contribution < -0.4 is 0 Å². The highest BCUT2D eigenvalue weighted by Gasteiger charge is 2.26. The molecule has 0 amide bonds. The van der Waals surface area contributed by atoms with Gasteiger partial charge in [-0.25, -0.2) is 0 Å². The van der Waals surface area contributed by atoms with E-state index in [1.165, 1.54) is 17.7 Å². The van der Waals surface area contributed by atoms with Crippen LogP contribution in [0.5, 0.6) is 11.5 Å². The van der Waals surface area contributed by atoms with E-state index in [1.807, 2.05) is 12.1 Å². The number of halogens is 1. The van der Waals surface area contributed by atoms with Crippen molar-refractivity contribution in [1.29, 1.82) is 0 Å². The molecule has 2 aromatic heterocycles. The molecule has 152 valence electrons. The Labute approximate surface area is 176 Å². The summed E-state index contributed by atoms with van der Waals surface area (Å²) < 4.78 is 5.54. The first-order chi connectivity index (χ1) is 14.6. The molecule has 0 spiro atoms. The third kappa shape index (κ3) is 3.40. The van der Waals surface area contributed by atoms with Crippen LogP contribution in [0, 0.1) is 0 Å². The molecule has 0 aliphatic carbocycles. The molecule has 4 aromatic rings. The van der Waals surface area contributed by atoms with Gasteiger partial charge in [-0.2, -0.15) is 15.0 Å². The predicted octanol–water partition coefficient (Wildman–Crippen LogP) is 3.55. The van der Waals surface area contributed by atoms with Gasteiger partial charge in [0.05, 0.1) is 34.4 Å². The van der Waals surface area contributed by atoms with Crippen molar-refractivity contribution >= 4 is 11.6 Å². The van der Waals surface area contributed by atoms with Gasteiger partial charge >= 0.3 is 0 Å². The highest BCUT2D eigenvalue weighted by molar-refractivity contribution is 6.32. The molecule has 0 atom stereocenters. The molecule has 8 nitrogen and oxygen atoms in total. The van der Waals surface area contributed by atoms with Crippen LogP contribution >= 0.6 is 11.6 Å². The number of hydrogen-bond acceptors (Lipinski definition) is 7. The number of fused-ring (bicyclic) bond motifs is 1. The SMILES string of the molecule is Oc1cc(O)c(-c2onc3c2CN(Cc2ccc(-n4nccn4)cc2)CC3)cc1Cl. The fraction of sp³-hybridized carbons (Fsp3) is 0.190. The molecule has 5 rings (SSSR count). The van der Waals surface area contributed by atoms with Gasteiger partial charge < -0.3 is 14.7 Å². The van der Waals surface area contributed by atoms with Crippen molar-refractivity contribution in [2.45, 2.75) is 19.5 Å². The third-order valence-corrected chi connectivity index (χ3v) is 5.52. The lowest BCUT2D eigenvalue weighted by molar-refractivity contribution is 0.245. The number of nitrogens with zero attached hydrogens (tertiary/aromatic N) is 5. The van der Waals surface area contributed by atoms with E-state index in [4.69, 9.17) is 16.1 Å². The fourth-order valence-electron chi connectivity index (χ4n) is 3.69. The molecule has 30 heavy (non-hydrogen) atoms. The van der Waals surface area contributed by atoms with Crippen LogP contribution in [0.15, 0.2) is 53.3 Å². The van der Waals surface area contributed by atoms with Crippen LogP contribution in [0.2, 0.25) is 5.02 Å². The summed E-state index contributed by atoms with van der Waals surface area (Å²) in [7, 11) is 0. The van der Waals surface area contributed by atoms with Crippen LogP contribution in [0.4, 0.5) is 0 Å². The Kier molecular flexibility index (Phi) is 4.65. The van der Waals surface area contributed by atoms with Crippen LogP contribution in [0.1, 0.15) is 16.8 Å². The summed E-state index contributed by atoms with van der Waals surface area (Å²) >= 11 is 6.03. The van der Waals surface area contributed by atoms with Crippen molar-refractivity contribution in [3.8, 4) is 28.5 Å². The van der Waals surface area contributed by atoms with Gasteiger partial charge in [-0.15, -0.1) is 0 Å². The van der Waals surface area contributed by atoms with Gasteiger partial charge in [0.1, 0.15) is 11.5 Å². The topological polar surface area (TPSA) is 100 Å². The number of rotatable bonds is 4. The Hall–Kier alpha value is -3.36. The lowest BCUT2D eigenvalue weighted by atomic mass is 10.0. The van der Waals surface area contributed by atoms with E-state index >= 15 is 0 Å². The van der Waals surface area contributed by atoms with Crippen molar-refractivity contribution in [2.75, 3.05) is 6.54 Å². The van der Waals surface area contributed by atoms with Crippen molar-refractivity contribution in [2.24, 2.45) is 0 Å². The maximum atomic E-state index is 10.3. The smallest absolute Gasteiger partial charge is 0.175 e. The van der Waals surface area contributed by atoms with Crippen molar-refractivity contribution in [1.82, 2.24) is 25.1 Å². The maximum Gasteiger partial charge on any atom is 0.175 e. The van der Waals surface area contributed by atoms with E-state index in [0.717, 1.165) is 36.5 Å². The molecular weight excluding hydrogens is 406 g/mol. The average Bonchev–Trinajstić information content (AvgIpc) is 3.41. The molecule has 0 bridgehead atoms. The monoisotopic (exact) mass is 423 g/mol. The molecular formula is C21H18ClN5O3. The highest BCUT2D eigenvalue weighted by atomic mass is 35.5. The number of hydrogen-bond donors (Lipinski definition) is 2. The Morgan fingerprint density at radius 3 is 2.57 bits per heavy atom. The zero-order chi connectivity index (χ0) is 20.7. The molecule has 0 saturated carbocycles. The highest BCUT2D eigenvalue weighted by Crippen LogP contribution is 2.40. The Bertz CT molecular complexity index is 1190. The van der Waals surface area contributed by atoms with Crippen LogP contribution in [-0.2, 0) is 19.5 Å². The van der Waals surface area contributed by atoms with Gasteiger partial charge in [-0.05, 0) is 23.8 Å². The Morgan fingerprint density at radius 1 is 1.03 bits per heavy atom. The fourth-order valence-corrected chi connectivity index (χ4v) is 3.85. The third-order valence-electron chi connectivity index (χ3n) is 5.22. The molecule has 0 fully saturated rings. The Morgan fingerprint density at radius 2 is 1.80 bits per heavy atom. The number of aromatic nitrogens is 4. The number of phenolic OH excluding ortho intramolecular Hbond substituents is 2. The molecule has 2 N–H and O–H groups in total. The van der Waals surface area contributed by atoms with E-state index < -0.39 is 0 Å². The van der Waals surface area contributed by atoms with Crippen LogP contribution in [0.25, 0.3) is 17.0 Å². The van der Waals surface area contributed by atoms with Gasteiger partial charge in [-0.3, -0.25) is 4.90 Å². The van der Waals surface area contributed by atoms with E-state index in [9.17, 15) is 10.2 Å². The predicted molar refractivity (Wildman–Crippen MR) is 109 cm³/mol. The second kappa shape index (κ2) is 7.47. The standard InChI is InChI=1S/C21H18ClN5O3/c22-17-9-15(19(28)10-20(17)29)21-16-12-26(8-5-18(16)25-30-21)11-13-1-3-14(4-2-13)27-23-6-7-24-27/h1-4,6-7,9-10,28-29H,5,8,11-12H2. The quantitative estimate of drug-likeness (QED) is 0.517. The van der Waals surface area contributed by atoms with E-state index in [2.05, 4.69) is 32.4 Å². The normalized spacial score (nSPS) is 14.0. The van der Waals surface area contributed by atoms with Crippen molar-refractivity contribution in [3.63, 3.8) is 0 Å². The lowest BCUT2D eigenvalue weighted by Gasteiger charge is -2.26. The summed E-state index contributed by atoms with van der Waals surface area (Å²) in [6, 6.07) is 10.8. The average molecular weight is 424 g/mol. The second-order valence-corrected chi connectivity index (χ2v) is 7.61. The van der Waals surface area contributed by atoms with Gasteiger partial charge in [0, 0.05) is 37.7 Å². The summed E-state index contributed by atoms with van der Waals surface area (Å²) in [6.45, 7) is 2.25. The number of phenols is 2. The molecule has 0 radical (unpaired) electrons. The molecule has 0 saturated heterocycles. The number of aromatic hydroxyl groups is 2. The minimum absolute atomic E-state index is 0.101. The number of benzene rings is 2. The van der Waals surface area contributed by atoms with Crippen molar-refractivity contribution < 1.29 is 14.7 Å². The lowest BCUT2D eigenvalue weighted by Crippen LogP contribution is -2.30. The maximum absolute atomic E-state index is 10.3. The first-order valence-electron chi connectivity index (χ1n) is 9.46.